The van der Waals surface area contributed by atoms with Gasteiger partial charge in [-0.25, -0.2) is 14.2 Å². The predicted molar refractivity (Wildman–Crippen MR) is 83.5 cm³/mol. The van der Waals surface area contributed by atoms with E-state index in [9.17, 15) is 14.3 Å². The highest BCUT2D eigenvalue weighted by Gasteiger charge is 2.64. The Hall–Kier alpha value is -2.15. The number of aromatic nitrogens is 2. The molecule has 2 bridgehead atoms. The van der Waals surface area contributed by atoms with Crippen molar-refractivity contribution in [2.24, 2.45) is 0 Å². The molecule has 3 fully saturated rings. The summed E-state index contributed by atoms with van der Waals surface area (Å²) in [6, 6.07) is 1.64. The number of nitrogens with zero attached hydrogens (tertiary/aromatic N) is 2. The van der Waals surface area contributed by atoms with Crippen LogP contribution in [0.4, 0.5) is 4.39 Å². The number of hydrogen-bond acceptors (Lipinski definition) is 4. The first kappa shape index (κ1) is 15.4. The Balaban J connectivity index is 1.75. The van der Waals surface area contributed by atoms with Crippen molar-refractivity contribution in [2.75, 3.05) is 13.3 Å². The van der Waals surface area contributed by atoms with E-state index in [1.807, 2.05) is 20.0 Å². The summed E-state index contributed by atoms with van der Waals surface area (Å²) < 4.78 is 26.0. The van der Waals surface area contributed by atoms with Crippen LogP contribution in [0.5, 0.6) is 5.75 Å². The Morgan fingerprint density at radius 2 is 2.25 bits per heavy atom. The first-order valence-electron chi connectivity index (χ1n) is 8.00. The van der Waals surface area contributed by atoms with E-state index in [2.05, 4.69) is 4.98 Å². The third kappa shape index (κ3) is 2.11. The minimum Gasteiger partial charge on any atom is -0.490 e. The molecule has 4 heterocycles. The van der Waals surface area contributed by atoms with E-state index >= 15 is 0 Å². The van der Waals surface area contributed by atoms with Crippen molar-refractivity contribution in [1.29, 1.82) is 0 Å². The molecule has 0 spiro atoms. The molecule has 2 saturated heterocycles. The zero-order valence-corrected chi connectivity index (χ0v) is 13.6. The molecule has 0 unspecified atom stereocenters. The average Bonchev–Trinajstić information content (AvgIpc) is 3.15. The second-order valence-corrected chi connectivity index (χ2v) is 7.15. The molecule has 0 radical (unpaired) electrons. The molecule has 2 aliphatic heterocycles. The highest BCUT2D eigenvalue weighted by Crippen LogP contribution is 2.58. The van der Waals surface area contributed by atoms with E-state index in [1.165, 1.54) is 6.20 Å². The summed E-state index contributed by atoms with van der Waals surface area (Å²) in [5.41, 5.74) is 0.646. The number of imidazole rings is 1. The zero-order valence-electron chi connectivity index (χ0n) is 13.6. The van der Waals surface area contributed by atoms with E-state index in [-0.39, 0.29) is 17.1 Å². The molecule has 6 nitrogen and oxygen atoms in total. The second-order valence-electron chi connectivity index (χ2n) is 7.15. The van der Waals surface area contributed by atoms with Crippen LogP contribution in [0, 0.1) is 0 Å². The van der Waals surface area contributed by atoms with Crippen LogP contribution >= 0.6 is 0 Å². The Morgan fingerprint density at radius 1 is 1.50 bits per heavy atom. The molecule has 1 aliphatic carbocycles. The lowest BCUT2D eigenvalue weighted by Gasteiger charge is -2.41. The zero-order chi connectivity index (χ0) is 17.1. The van der Waals surface area contributed by atoms with Crippen molar-refractivity contribution in [3.8, 4) is 5.75 Å². The van der Waals surface area contributed by atoms with E-state index < -0.39 is 18.2 Å². The first-order chi connectivity index (χ1) is 11.4. The summed E-state index contributed by atoms with van der Waals surface area (Å²) in [5.74, 6) is -0.751. The minimum atomic E-state index is -1.05. The number of halogens is 1. The maximum Gasteiger partial charge on any atom is 0.341 e. The highest BCUT2D eigenvalue weighted by atomic mass is 19.1. The number of carboxylic acid groups (broad SMARTS) is 1. The monoisotopic (exact) mass is 334 g/mol. The van der Waals surface area contributed by atoms with Crippen molar-refractivity contribution in [2.45, 2.75) is 43.8 Å². The number of carboxylic acids is 1. The van der Waals surface area contributed by atoms with Crippen LogP contribution in [0.3, 0.4) is 0 Å². The third-order valence-corrected chi connectivity index (χ3v) is 4.91. The average molecular weight is 334 g/mol. The van der Waals surface area contributed by atoms with Crippen molar-refractivity contribution in [3.63, 3.8) is 0 Å². The number of rotatable bonds is 5. The van der Waals surface area contributed by atoms with Gasteiger partial charge in [0, 0.05) is 23.9 Å². The number of fused-ring (bicyclic) bond motifs is 2. The molecule has 0 atom stereocenters. The van der Waals surface area contributed by atoms with E-state index in [4.69, 9.17) is 9.47 Å². The van der Waals surface area contributed by atoms with Crippen LogP contribution in [-0.4, -0.2) is 45.4 Å². The smallest absolute Gasteiger partial charge is 0.341 e. The lowest BCUT2D eigenvalue weighted by molar-refractivity contribution is -0.0235. The second kappa shape index (κ2) is 4.92. The van der Waals surface area contributed by atoms with Gasteiger partial charge in [-0.05, 0) is 26.7 Å². The molecular formula is C17H19FN2O4. The molecule has 7 heteroatoms. The SMILES string of the molecule is CC(C)Oc1cc2nc(C34COC(CF)(C3)C4)cn2cc1C(=O)O. The number of ether oxygens (including phenoxy) is 2. The van der Waals surface area contributed by atoms with E-state index in [1.54, 1.807) is 10.5 Å². The van der Waals surface area contributed by atoms with Gasteiger partial charge < -0.3 is 19.0 Å². The number of pyridine rings is 1. The molecule has 0 aromatic carbocycles. The molecule has 2 aromatic rings. The quantitative estimate of drug-likeness (QED) is 0.910. The largest absolute Gasteiger partial charge is 0.490 e. The molecule has 0 amide bonds. The number of hydrogen-bond donors (Lipinski definition) is 1. The van der Waals surface area contributed by atoms with Crippen molar-refractivity contribution in [3.05, 3.63) is 29.7 Å². The predicted octanol–water partition coefficient (Wildman–Crippen LogP) is 2.59. The number of alkyl halides is 1. The van der Waals surface area contributed by atoms with Crippen molar-refractivity contribution >= 4 is 11.6 Å². The van der Waals surface area contributed by atoms with E-state index in [0.29, 0.717) is 30.8 Å². The van der Waals surface area contributed by atoms with Crippen LogP contribution in [0.25, 0.3) is 5.65 Å². The van der Waals surface area contributed by atoms with E-state index in [0.717, 1.165) is 5.69 Å². The van der Waals surface area contributed by atoms with Crippen molar-refractivity contribution < 1.29 is 23.8 Å². The first-order valence-corrected chi connectivity index (χ1v) is 8.00. The van der Waals surface area contributed by atoms with Gasteiger partial charge >= 0.3 is 5.97 Å². The minimum absolute atomic E-state index is 0.0898. The summed E-state index contributed by atoms with van der Waals surface area (Å²) in [7, 11) is 0. The Morgan fingerprint density at radius 3 is 2.83 bits per heavy atom. The third-order valence-electron chi connectivity index (χ3n) is 4.91. The lowest BCUT2D eigenvalue weighted by atomic mass is 9.61. The topological polar surface area (TPSA) is 73.1 Å². The van der Waals surface area contributed by atoms with Crippen molar-refractivity contribution in [1.82, 2.24) is 9.38 Å². The summed E-state index contributed by atoms with van der Waals surface area (Å²) in [6.07, 6.45) is 4.44. The van der Waals surface area contributed by atoms with Gasteiger partial charge in [-0.2, -0.15) is 0 Å². The van der Waals surface area contributed by atoms with Gasteiger partial charge in [0.1, 0.15) is 23.6 Å². The Bertz CT molecular complexity index is 823. The Labute approximate surface area is 138 Å². The summed E-state index contributed by atoms with van der Waals surface area (Å²) in [6.45, 7) is 3.67. The molecule has 5 rings (SSSR count). The fourth-order valence-corrected chi connectivity index (χ4v) is 3.85. The molecule has 1 saturated carbocycles. The van der Waals surface area contributed by atoms with Gasteiger partial charge in [-0.15, -0.1) is 0 Å². The van der Waals surface area contributed by atoms with Crippen LogP contribution in [-0.2, 0) is 10.2 Å². The highest BCUT2D eigenvalue weighted by molar-refractivity contribution is 5.91. The van der Waals surface area contributed by atoms with Gasteiger partial charge in [0.2, 0.25) is 0 Å². The molecule has 2 aromatic heterocycles. The fraction of sp³-hybridized carbons (Fsp3) is 0.529. The maximum atomic E-state index is 13.1. The molecule has 3 aliphatic rings. The Kier molecular flexibility index (Phi) is 3.16. The van der Waals surface area contributed by atoms with Gasteiger partial charge in [-0.3, -0.25) is 0 Å². The number of carbonyl (C=O) groups is 1. The van der Waals surface area contributed by atoms with Gasteiger partial charge in [0.05, 0.1) is 24.0 Å². The molecule has 128 valence electrons. The van der Waals surface area contributed by atoms with Gasteiger partial charge in [-0.1, -0.05) is 0 Å². The summed E-state index contributed by atoms with van der Waals surface area (Å²) >= 11 is 0. The molecule has 1 N–H and O–H groups in total. The molecule has 24 heavy (non-hydrogen) atoms. The standard InChI is InChI=1S/C17H19FN2O4/c1-10(2)24-12-3-14-19-13(5-20(14)4-11(12)15(21)22)16-6-17(7-16,8-18)23-9-16/h3-5,10H,6-9H2,1-2H3,(H,21,22). The number of aromatic carboxylic acids is 1. The lowest BCUT2D eigenvalue weighted by Crippen LogP contribution is -2.48. The van der Waals surface area contributed by atoms with Gasteiger partial charge in [0.15, 0.2) is 0 Å². The van der Waals surface area contributed by atoms with Crippen LogP contribution in [0.1, 0.15) is 42.7 Å². The van der Waals surface area contributed by atoms with Crippen LogP contribution < -0.4 is 4.74 Å². The van der Waals surface area contributed by atoms with Crippen LogP contribution in [0.15, 0.2) is 18.5 Å². The maximum absolute atomic E-state index is 13.1. The summed E-state index contributed by atoms with van der Waals surface area (Å²) in [4.78, 5) is 16.1. The normalized spacial score (nSPS) is 28.3. The van der Waals surface area contributed by atoms with Gasteiger partial charge in [0.25, 0.3) is 0 Å². The summed E-state index contributed by atoms with van der Waals surface area (Å²) in [5, 5.41) is 9.41. The molecular weight excluding hydrogens is 315 g/mol. The fourth-order valence-electron chi connectivity index (χ4n) is 3.85. The van der Waals surface area contributed by atoms with Crippen LogP contribution in [0.2, 0.25) is 0 Å².